The number of carbonyl (C=O) groups excluding carboxylic acids is 1. The van der Waals surface area contributed by atoms with E-state index in [1.807, 2.05) is 67.6 Å². The van der Waals surface area contributed by atoms with Crippen molar-refractivity contribution in [2.24, 2.45) is 0 Å². The molecule has 0 aliphatic heterocycles. The number of benzene rings is 3. The quantitative estimate of drug-likeness (QED) is 0.519. The standard InChI is InChI=1S/C25H28N2O4S/c1-18(24(20-10-6-4-7-11-20)21-12-8-5-9-13-21)26-25(28)19(2)27-32(29,30)23-16-14-22(31-3)15-17-23/h4-19,24,27H,1-3H3,(H,26,28)/t18?,19-/m0/s1. The van der Waals surface area contributed by atoms with Crippen LogP contribution < -0.4 is 14.8 Å². The average Bonchev–Trinajstić information content (AvgIpc) is 2.80. The highest BCUT2D eigenvalue weighted by Crippen LogP contribution is 2.28. The fourth-order valence-corrected chi connectivity index (χ4v) is 4.84. The van der Waals surface area contributed by atoms with Gasteiger partial charge < -0.3 is 10.1 Å². The number of hydrogen-bond acceptors (Lipinski definition) is 4. The molecule has 2 atom stereocenters. The van der Waals surface area contributed by atoms with Crippen molar-refractivity contribution in [1.82, 2.24) is 10.0 Å². The summed E-state index contributed by atoms with van der Waals surface area (Å²) < 4.78 is 32.9. The zero-order valence-corrected chi connectivity index (χ0v) is 19.2. The van der Waals surface area contributed by atoms with Gasteiger partial charge in [0.2, 0.25) is 15.9 Å². The lowest BCUT2D eigenvalue weighted by molar-refractivity contribution is -0.123. The molecule has 0 aliphatic rings. The molecule has 3 aromatic carbocycles. The average molecular weight is 453 g/mol. The second-order valence-electron chi connectivity index (χ2n) is 7.61. The van der Waals surface area contributed by atoms with E-state index in [9.17, 15) is 13.2 Å². The Morgan fingerprint density at radius 3 is 1.78 bits per heavy atom. The first-order valence-electron chi connectivity index (χ1n) is 10.4. The molecule has 3 rings (SSSR count). The zero-order valence-electron chi connectivity index (χ0n) is 18.4. The number of nitrogens with one attached hydrogen (secondary N) is 2. The zero-order chi connectivity index (χ0) is 23.1. The van der Waals surface area contributed by atoms with Crippen LogP contribution in [0, 0.1) is 0 Å². The molecule has 2 N–H and O–H groups in total. The Labute approximate surface area is 189 Å². The molecule has 168 valence electrons. The monoisotopic (exact) mass is 452 g/mol. The number of methoxy groups -OCH3 is 1. The molecule has 0 aliphatic carbocycles. The summed E-state index contributed by atoms with van der Waals surface area (Å²) in [6.07, 6.45) is 0. The summed E-state index contributed by atoms with van der Waals surface area (Å²) in [5.41, 5.74) is 2.14. The maximum Gasteiger partial charge on any atom is 0.241 e. The first kappa shape index (κ1) is 23.5. The molecule has 1 amide bonds. The second-order valence-corrected chi connectivity index (χ2v) is 9.33. The summed E-state index contributed by atoms with van der Waals surface area (Å²) in [7, 11) is -2.35. The van der Waals surface area contributed by atoms with Gasteiger partial charge in [0.15, 0.2) is 0 Å². The topological polar surface area (TPSA) is 84.5 Å². The number of hydrogen-bond donors (Lipinski definition) is 2. The highest BCUT2D eigenvalue weighted by molar-refractivity contribution is 7.89. The molecule has 0 bridgehead atoms. The van der Waals surface area contributed by atoms with Crippen molar-refractivity contribution in [3.05, 3.63) is 96.1 Å². The van der Waals surface area contributed by atoms with E-state index >= 15 is 0 Å². The molecule has 0 aromatic heterocycles. The lowest BCUT2D eigenvalue weighted by Gasteiger charge is -2.27. The van der Waals surface area contributed by atoms with Crippen LogP contribution >= 0.6 is 0 Å². The van der Waals surface area contributed by atoms with Crippen molar-refractivity contribution in [2.75, 3.05) is 7.11 Å². The van der Waals surface area contributed by atoms with E-state index < -0.39 is 22.0 Å². The van der Waals surface area contributed by atoms with Crippen molar-refractivity contribution in [1.29, 1.82) is 0 Å². The molecule has 0 fully saturated rings. The highest BCUT2D eigenvalue weighted by atomic mass is 32.2. The van der Waals surface area contributed by atoms with Crippen LogP contribution in [0.1, 0.15) is 30.9 Å². The Hall–Kier alpha value is -3.16. The van der Waals surface area contributed by atoms with E-state index in [4.69, 9.17) is 4.74 Å². The third-order valence-electron chi connectivity index (χ3n) is 5.28. The number of sulfonamides is 1. The normalized spacial score (nSPS) is 13.4. The number of amides is 1. The molecule has 0 saturated heterocycles. The van der Waals surface area contributed by atoms with Crippen LogP contribution in [0.4, 0.5) is 0 Å². The van der Waals surface area contributed by atoms with E-state index in [-0.39, 0.29) is 16.9 Å². The van der Waals surface area contributed by atoms with Gasteiger partial charge in [0.25, 0.3) is 0 Å². The third-order valence-corrected chi connectivity index (χ3v) is 6.84. The van der Waals surface area contributed by atoms with Crippen molar-refractivity contribution < 1.29 is 17.9 Å². The molecular formula is C25H28N2O4S. The van der Waals surface area contributed by atoms with Crippen molar-refractivity contribution >= 4 is 15.9 Å². The molecule has 0 heterocycles. The molecular weight excluding hydrogens is 424 g/mol. The Morgan fingerprint density at radius 2 is 1.31 bits per heavy atom. The van der Waals surface area contributed by atoms with Gasteiger partial charge in [-0.25, -0.2) is 8.42 Å². The fraction of sp³-hybridized carbons (Fsp3) is 0.240. The van der Waals surface area contributed by atoms with Crippen LogP contribution in [0.25, 0.3) is 0 Å². The maximum atomic E-state index is 12.9. The van der Waals surface area contributed by atoms with E-state index in [2.05, 4.69) is 10.0 Å². The van der Waals surface area contributed by atoms with E-state index in [0.717, 1.165) is 11.1 Å². The lowest BCUT2D eigenvalue weighted by atomic mass is 9.85. The van der Waals surface area contributed by atoms with Crippen molar-refractivity contribution in [3.8, 4) is 5.75 Å². The van der Waals surface area contributed by atoms with Gasteiger partial charge in [-0.3, -0.25) is 4.79 Å². The van der Waals surface area contributed by atoms with Gasteiger partial charge in [-0.2, -0.15) is 4.72 Å². The second kappa shape index (κ2) is 10.4. The van der Waals surface area contributed by atoms with Gasteiger partial charge in [0.1, 0.15) is 5.75 Å². The Morgan fingerprint density at radius 1 is 0.812 bits per heavy atom. The summed E-state index contributed by atoms with van der Waals surface area (Å²) >= 11 is 0. The number of ether oxygens (including phenoxy) is 1. The van der Waals surface area contributed by atoms with Crippen LogP contribution in [0.2, 0.25) is 0 Å². The fourth-order valence-electron chi connectivity index (χ4n) is 3.63. The molecule has 7 heteroatoms. The summed E-state index contributed by atoms with van der Waals surface area (Å²) in [6.45, 7) is 3.45. The van der Waals surface area contributed by atoms with Gasteiger partial charge in [0, 0.05) is 12.0 Å². The minimum atomic E-state index is -3.86. The summed E-state index contributed by atoms with van der Waals surface area (Å²) in [5.74, 6) is 0.0784. The van der Waals surface area contributed by atoms with Crippen LogP contribution in [-0.2, 0) is 14.8 Å². The van der Waals surface area contributed by atoms with Crippen molar-refractivity contribution in [2.45, 2.75) is 36.7 Å². The van der Waals surface area contributed by atoms with Crippen LogP contribution in [0.15, 0.2) is 89.8 Å². The van der Waals surface area contributed by atoms with Gasteiger partial charge in [-0.1, -0.05) is 60.7 Å². The SMILES string of the molecule is COc1ccc(S(=O)(=O)N[C@@H](C)C(=O)NC(C)C(c2ccccc2)c2ccccc2)cc1. The lowest BCUT2D eigenvalue weighted by Crippen LogP contribution is -2.48. The number of carbonyl (C=O) groups is 1. The predicted molar refractivity (Wildman–Crippen MR) is 125 cm³/mol. The predicted octanol–water partition coefficient (Wildman–Crippen LogP) is 3.70. The van der Waals surface area contributed by atoms with Gasteiger partial charge in [-0.05, 0) is 49.2 Å². The molecule has 6 nitrogen and oxygen atoms in total. The first-order valence-corrected chi connectivity index (χ1v) is 11.9. The van der Waals surface area contributed by atoms with Crippen molar-refractivity contribution in [3.63, 3.8) is 0 Å². The summed E-state index contributed by atoms with van der Waals surface area (Å²) in [5, 5.41) is 2.98. The summed E-state index contributed by atoms with van der Waals surface area (Å²) in [6, 6.07) is 24.6. The molecule has 3 aromatic rings. The highest BCUT2D eigenvalue weighted by Gasteiger charge is 2.27. The Balaban J connectivity index is 1.73. The minimum absolute atomic E-state index is 0.0671. The minimum Gasteiger partial charge on any atom is -0.497 e. The van der Waals surface area contributed by atoms with Gasteiger partial charge in [0.05, 0.1) is 18.0 Å². The smallest absolute Gasteiger partial charge is 0.241 e. The largest absolute Gasteiger partial charge is 0.497 e. The molecule has 0 spiro atoms. The van der Waals surface area contributed by atoms with E-state index in [1.165, 1.54) is 26.2 Å². The maximum absolute atomic E-state index is 12.9. The van der Waals surface area contributed by atoms with E-state index in [1.54, 1.807) is 12.1 Å². The van der Waals surface area contributed by atoms with Crippen LogP contribution in [-0.4, -0.2) is 33.5 Å². The molecule has 32 heavy (non-hydrogen) atoms. The number of rotatable bonds is 9. The van der Waals surface area contributed by atoms with Gasteiger partial charge in [-0.15, -0.1) is 0 Å². The van der Waals surface area contributed by atoms with Crippen LogP contribution in [0.5, 0.6) is 5.75 Å². The molecule has 0 radical (unpaired) electrons. The molecule has 1 unspecified atom stereocenters. The third kappa shape index (κ3) is 5.75. The first-order chi connectivity index (χ1) is 15.3. The summed E-state index contributed by atoms with van der Waals surface area (Å²) in [4.78, 5) is 12.9. The van der Waals surface area contributed by atoms with E-state index in [0.29, 0.717) is 5.75 Å². The Bertz CT molecular complexity index is 1080. The Kier molecular flexibility index (Phi) is 7.66. The van der Waals surface area contributed by atoms with Gasteiger partial charge >= 0.3 is 0 Å². The molecule has 0 saturated carbocycles. The van der Waals surface area contributed by atoms with Crippen LogP contribution in [0.3, 0.4) is 0 Å².